The van der Waals surface area contributed by atoms with Crippen LogP contribution in [0.3, 0.4) is 0 Å². The largest absolute Gasteiger partial charge is 0.380 e. The molecule has 0 aliphatic carbocycles. The van der Waals surface area contributed by atoms with Crippen LogP contribution in [-0.2, 0) is 9.47 Å². The SMILES string of the molecule is CCC1(C)CN(C(F)COC)C(=O)N1C(F)COC. The van der Waals surface area contributed by atoms with Crippen LogP contribution >= 0.6 is 0 Å². The number of urea groups is 1. The van der Waals surface area contributed by atoms with Crippen LogP contribution in [0, 0.1) is 0 Å². The lowest BCUT2D eigenvalue weighted by Gasteiger charge is -2.34. The predicted molar refractivity (Wildman–Crippen MR) is 66.2 cm³/mol. The number of amides is 2. The first-order valence-electron chi connectivity index (χ1n) is 6.27. The van der Waals surface area contributed by atoms with E-state index in [1.807, 2.05) is 6.92 Å². The fourth-order valence-electron chi connectivity index (χ4n) is 2.28. The average molecular weight is 280 g/mol. The van der Waals surface area contributed by atoms with Crippen molar-refractivity contribution in [2.45, 2.75) is 38.4 Å². The van der Waals surface area contributed by atoms with Crippen LogP contribution in [0.25, 0.3) is 0 Å². The number of halogens is 2. The minimum atomic E-state index is -1.58. The van der Waals surface area contributed by atoms with E-state index in [0.29, 0.717) is 6.42 Å². The normalized spacial score (nSPS) is 26.9. The van der Waals surface area contributed by atoms with Gasteiger partial charge in [-0.15, -0.1) is 0 Å². The van der Waals surface area contributed by atoms with Crippen LogP contribution in [0.5, 0.6) is 0 Å². The van der Waals surface area contributed by atoms with E-state index in [2.05, 4.69) is 0 Å². The molecule has 0 spiro atoms. The molecule has 0 bridgehead atoms. The van der Waals surface area contributed by atoms with Gasteiger partial charge < -0.3 is 9.47 Å². The maximum atomic E-state index is 14.1. The highest BCUT2D eigenvalue weighted by Gasteiger charge is 2.50. The Morgan fingerprint density at radius 2 is 1.79 bits per heavy atom. The summed E-state index contributed by atoms with van der Waals surface area (Å²) in [6.07, 6.45) is -2.62. The molecule has 0 aromatic rings. The number of carbonyl (C=O) groups is 1. The molecule has 0 aromatic carbocycles. The molecule has 1 aliphatic heterocycles. The van der Waals surface area contributed by atoms with Crippen molar-refractivity contribution in [3.05, 3.63) is 0 Å². The van der Waals surface area contributed by atoms with Crippen LogP contribution < -0.4 is 0 Å². The van der Waals surface area contributed by atoms with Gasteiger partial charge in [-0.2, -0.15) is 0 Å². The van der Waals surface area contributed by atoms with Gasteiger partial charge in [-0.05, 0) is 13.3 Å². The molecule has 1 heterocycles. The summed E-state index contributed by atoms with van der Waals surface area (Å²) in [6, 6.07) is -0.654. The third kappa shape index (κ3) is 3.14. The molecule has 7 heteroatoms. The Morgan fingerprint density at radius 1 is 1.26 bits per heavy atom. The zero-order chi connectivity index (χ0) is 14.6. The molecule has 1 rings (SSSR count). The zero-order valence-corrected chi connectivity index (χ0v) is 11.9. The molecule has 1 fully saturated rings. The number of hydrogen-bond donors (Lipinski definition) is 0. The Balaban J connectivity index is 2.92. The molecule has 3 unspecified atom stereocenters. The fraction of sp³-hybridized carbons (Fsp3) is 0.917. The molecule has 0 radical (unpaired) electrons. The van der Waals surface area contributed by atoms with Crippen molar-refractivity contribution >= 4 is 6.03 Å². The molecule has 19 heavy (non-hydrogen) atoms. The zero-order valence-electron chi connectivity index (χ0n) is 11.9. The summed E-state index contributed by atoms with van der Waals surface area (Å²) in [4.78, 5) is 14.3. The van der Waals surface area contributed by atoms with Crippen molar-refractivity contribution in [1.82, 2.24) is 9.80 Å². The van der Waals surface area contributed by atoms with E-state index in [0.717, 1.165) is 9.80 Å². The number of methoxy groups -OCH3 is 2. The Hall–Kier alpha value is -0.950. The number of alkyl halides is 2. The first-order chi connectivity index (χ1) is 8.91. The van der Waals surface area contributed by atoms with Crippen LogP contribution in [0.1, 0.15) is 20.3 Å². The Kier molecular flexibility index (Phi) is 5.49. The summed E-state index contributed by atoms with van der Waals surface area (Å²) in [7, 11) is 2.71. The summed E-state index contributed by atoms with van der Waals surface area (Å²) in [5.74, 6) is 0. The maximum Gasteiger partial charge on any atom is 0.325 e. The predicted octanol–water partition coefficient (Wildman–Crippen LogP) is 1.78. The third-order valence-corrected chi connectivity index (χ3v) is 3.53. The van der Waals surface area contributed by atoms with Gasteiger partial charge in [0.2, 0.25) is 0 Å². The van der Waals surface area contributed by atoms with E-state index >= 15 is 0 Å². The second-order valence-electron chi connectivity index (χ2n) is 4.91. The van der Waals surface area contributed by atoms with Crippen LogP contribution in [0.2, 0.25) is 0 Å². The van der Waals surface area contributed by atoms with E-state index in [1.165, 1.54) is 14.2 Å². The molecule has 1 saturated heterocycles. The second kappa shape index (κ2) is 6.47. The molecule has 3 atom stereocenters. The highest BCUT2D eigenvalue weighted by molar-refractivity contribution is 5.78. The maximum absolute atomic E-state index is 14.1. The van der Waals surface area contributed by atoms with Crippen molar-refractivity contribution in [1.29, 1.82) is 0 Å². The van der Waals surface area contributed by atoms with Gasteiger partial charge in [0.1, 0.15) is 0 Å². The number of hydrogen-bond acceptors (Lipinski definition) is 3. The molecule has 0 N–H and O–H groups in total. The number of rotatable bonds is 7. The smallest absolute Gasteiger partial charge is 0.325 e. The summed E-state index contributed by atoms with van der Waals surface area (Å²) < 4.78 is 37.4. The number of nitrogens with zero attached hydrogens (tertiary/aromatic N) is 2. The van der Waals surface area contributed by atoms with Crippen molar-refractivity contribution in [3.8, 4) is 0 Å². The van der Waals surface area contributed by atoms with E-state index in [1.54, 1.807) is 6.92 Å². The lowest BCUT2D eigenvalue weighted by molar-refractivity contribution is -0.00153. The van der Waals surface area contributed by atoms with Gasteiger partial charge in [-0.1, -0.05) is 6.92 Å². The topological polar surface area (TPSA) is 42.0 Å². The van der Waals surface area contributed by atoms with E-state index in [4.69, 9.17) is 9.47 Å². The monoisotopic (exact) mass is 280 g/mol. The Labute approximate surface area is 112 Å². The summed E-state index contributed by atoms with van der Waals surface area (Å²) in [6.45, 7) is 3.27. The van der Waals surface area contributed by atoms with Crippen molar-refractivity contribution < 1.29 is 23.0 Å². The highest BCUT2D eigenvalue weighted by Crippen LogP contribution is 2.33. The highest BCUT2D eigenvalue weighted by atomic mass is 19.1. The minimum absolute atomic E-state index is 0.136. The second-order valence-corrected chi connectivity index (χ2v) is 4.91. The van der Waals surface area contributed by atoms with Gasteiger partial charge in [0.15, 0.2) is 12.6 Å². The summed E-state index contributed by atoms with van der Waals surface area (Å²) in [5.41, 5.74) is -0.743. The third-order valence-electron chi connectivity index (χ3n) is 3.53. The lowest BCUT2D eigenvalue weighted by atomic mass is 9.98. The standard InChI is InChI=1S/C12H22F2N2O3/c1-5-12(2)8-15(9(13)6-18-3)11(17)16(12)10(14)7-19-4/h9-10H,5-8H2,1-4H3. The number of ether oxygens (including phenoxy) is 2. The molecule has 0 saturated carbocycles. The summed E-state index contributed by atoms with van der Waals surface area (Å²) in [5, 5.41) is 0. The van der Waals surface area contributed by atoms with Gasteiger partial charge in [-0.25, -0.2) is 13.6 Å². The van der Waals surface area contributed by atoms with Gasteiger partial charge in [0, 0.05) is 20.8 Å². The Bertz CT molecular complexity index is 319. The first kappa shape index (κ1) is 16.1. The first-order valence-corrected chi connectivity index (χ1v) is 6.27. The average Bonchev–Trinajstić information content (AvgIpc) is 2.63. The van der Waals surface area contributed by atoms with Gasteiger partial charge >= 0.3 is 6.03 Å². The van der Waals surface area contributed by atoms with Crippen LogP contribution in [0.4, 0.5) is 13.6 Å². The molecule has 2 amide bonds. The lowest BCUT2D eigenvalue weighted by Crippen LogP contribution is -2.50. The van der Waals surface area contributed by atoms with Gasteiger partial charge in [0.05, 0.1) is 18.8 Å². The summed E-state index contributed by atoms with van der Waals surface area (Å²) >= 11 is 0. The van der Waals surface area contributed by atoms with Gasteiger partial charge in [-0.3, -0.25) is 9.80 Å². The van der Waals surface area contributed by atoms with Crippen molar-refractivity contribution in [3.63, 3.8) is 0 Å². The number of carbonyl (C=O) groups excluding carboxylic acids is 1. The molecule has 1 aliphatic rings. The minimum Gasteiger partial charge on any atom is -0.380 e. The molecular formula is C12H22F2N2O3. The van der Waals surface area contributed by atoms with Crippen molar-refractivity contribution in [2.75, 3.05) is 34.0 Å². The molecule has 112 valence electrons. The Morgan fingerprint density at radius 3 is 2.26 bits per heavy atom. The van der Waals surface area contributed by atoms with E-state index in [9.17, 15) is 13.6 Å². The molecular weight excluding hydrogens is 258 g/mol. The molecule has 5 nitrogen and oxygen atoms in total. The van der Waals surface area contributed by atoms with E-state index in [-0.39, 0.29) is 19.8 Å². The quantitative estimate of drug-likeness (QED) is 0.668. The van der Waals surface area contributed by atoms with E-state index < -0.39 is 24.2 Å². The van der Waals surface area contributed by atoms with Crippen LogP contribution in [-0.4, -0.2) is 67.9 Å². The van der Waals surface area contributed by atoms with Gasteiger partial charge in [0.25, 0.3) is 0 Å². The van der Waals surface area contributed by atoms with Crippen LogP contribution in [0.15, 0.2) is 0 Å². The fourth-order valence-corrected chi connectivity index (χ4v) is 2.28. The molecule has 0 aromatic heterocycles. The van der Waals surface area contributed by atoms with Crippen molar-refractivity contribution in [2.24, 2.45) is 0 Å².